The van der Waals surface area contributed by atoms with Crippen LogP contribution >= 0.6 is 0 Å². The molecule has 0 amide bonds. The average Bonchev–Trinajstić information content (AvgIpc) is 2.60. The Labute approximate surface area is 159 Å². The Morgan fingerprint density at radius 3 is 2.71 bits per heavy atom. The Bertz CT molecular complexity index is 661. The Hall–Kier alpha value is -2.02. The van der Waals surface area contributed by atoms with Crippen LogP contribution in [0.25, 0.3) is 0 Å². The molecule has 1 aliphatic heterocycles. The standard InChI is InChI=1S/C16H23F3N4O5/c1-8(2)28-13(24)6-20-3-10-15(26)14(25)9(7-27-10)22-12-5-21-4-11(23-12)16(17,18)19/h4-5,8-10,14-15,20,25-26H,3,6-7H2,1-2H3,(H,22,23)/t9-,10+,14+,15-/m0/s1. The maximum Gasteiger partial charge on any atom is 0.434 e. The quantitative estimate of drug-likeness (QED) is 0.459. The van der Waals surface area contributed by atoms with E-state index in [4.69, 9.17) is 9.47 Å². The minimum absolute atomic E-state index is 0.0709. The van der Waals surface area contributed by atoms with Crippen molar-refractivity contribution >= 4 is 11.8 Å². The van der Waals surface area contributed by atoms with Crippen molar-refractivity contribution < 1.29 is 37.7 Å². The van der Waals surface area contributed by atoms with E-state index < -0.39 is 42.2 Å². The molecule has 28 heavy (non-hydrogen) atoms. The first-order valence-electron chi connectivity index (χ1n) is 8.61. The fourth-order valence-electron chi connectivity index (χ4n) is 2.57. The van der Waals surface area contributed by atoms with Gasteiger partial charge in [0.25, 0.3) is 0 Å². The molecule has 0 aliphatic carbocycles. The monoisotopic (exact) mass is 408 g/mol. The van der Waals surface area contributed by atoms with E-state index in [0.29, 0.717) is 6.20 Å². The summed E-state index contributed by atoms with van der Waals surface area (Å²) in [4.78, 5) is 18.3. The largest absolute Gasteiger partial charge is 0.462 e. The van der Waals surface area contributed by atoms with Crippen molar-refractivity contribution in [2.75, 3.05) is 25.0 Å². The molecule has 0 radical (unpaired) electrons. The van der Waals surface area contributed by atoms with Crippen LogP contribution in [0.4, 0.5) is 19.0 Å². The zero-order chi connectivity index (χ0) is 20.9. The molecule has 2 heterocycles. The number of aliphatic hydroxyl groups excluding tert-OH is 2. The molecule has 12 heteroatoms. The van der Waals surface area contributed by atoms with Gasteiger partial charge in [-0.1, -0.05) is 0 Å². The fourth-order valence-corrected chi connectivity index (χ4v) is 2.57. The van der Waals surface area contributed by atoms with Crippen LogP contribution in [0.3, 0.4) is 0 Å². The van der Waals surface area contributed by atoms with Crippen molar-refractivity contribution in [3.05, 3.63) is 18.1 Å². The van der Waals surface area contributed by atoms with E-state index in [9.17, 15) is 28.2 Å². The molecular weight excluding hydrogens is 385 g/mol. The van der Waals surface area contributed by atoms with Crippen molar-refractivity contribution in [3.8, 4) is 0 Å². The van der Waals surface area contributed by atoms with Crippen LogP contribution < -0.4 is 10.6 Å². The molecule has 1 aromatic heterocycles. The molecule has 0 aromatic carbocycles. The summed E-state index contributed by atoms with van der Waals surface area (Å²) in [5.74, 6) is -0.675. The molecule has 4 atom stereocenters. The lowest BCUT2D eigenvalue weighted by atomic mass is 9.98. The number of nitrogens with zero attached hydrogens (tertiary/aromatic N) is 2. The van der Waals surface area contributed by atoms with Crippen molar-refractivity contribution in [2.45, 2.75) is 50.5 Å². The van der Waals surface area contributed by atoms with Gasteiger partial charge in [0.05, 0.1) is 43.8 Å². The second kappa shape index (κ2) is 9.45. The molecule has 158 valence electrons. The minimum Gasteiger partial charge on any atom is -0.462 e. The number of carbonyl (C=O) groups excluding carboxylic acids is 1. The molecule has 0 spiro atoms. The van der Waals surface area contributed by atoms with Gasteiger partial charge < -0.3 is 30.3 Å². The topological polar surface area (TPSA) is 126 Å². The summed E-state index contributed by atoms with van der Waals surface area (Å²) in [6.07, 6.45) is -6.73. The maximum atomic E-state index is 12.7. The predicted octanol–water partition coefficient (Wildman–Crippen LogP) is -0.0623. The lowest BCUT2D eigenvalue weighted by Crippen LogP contribution is -2.58. The van der Waals surface area contributed by atoms with Gasteiger partial charge in [0.1, 0.15) is 18.0 Å². The van der Waals surface area contributed by atoms with E-state index >= 15 is 0 Å². The molecule has 1 saturated heterocycles. The van der Waals surface area contributed by atoms with E-state index in [1.807, 2.05) is 0 Å². The van der Waals surface area contributed by atoms with Crippen molar-refractivity contribution in [3.63, 3.8) is 0 Å². The van der Waals surface area contributed by atoms with Crippen LogP contribution in [0, 0.1) is 0 Å². The van der Waals surface area contributed by atoms with Crippen LogP contribution in [-0.4, -0.2) is 76.3 Å². The summed E-state index contributed by atoms with van der Waals surface area (Å²) in [6, 6.07) is -0.894. The van der Waals surface area contributed by atoms with Crippen LogP contribution in [0.2, 0.25) is 0 Å². The van der Waals surface area contributed by atoms with Crippen molar-refractivity contribution in [2.24, 2.45) is 0 Å². The van der Waals surface area contributed by atoms with Gasteiger partial charge in [-0.15, -0.1) is 0 Å². The van der Waals surface area contributed by atoms with Gasteiger partial charge in [0, 0.05) is 6.54 Å². The zero-order valence-corrected chi connectivity index (χ0v) is 15.3. The number of rotatable bonds is 7. The maximum absolute atomic E-state index is 12.7. The van der Waals surface area contributed by atoms with E-state index in [0.717, 1.165) is 6.20 Å². The van der Waals surface area contributed by atoms with Crippen molar-refractivity contribution in [1.29, 1.82) is 0 Å². The Morgan fingerprint density at radius 2 is 2.07 bits per heavy atom. The molecular formula is C16H23F3N4O5. The summed E-state index contributed by atoms with van der Waals surface area (Å²) in [7, 11) is 0. The van der Waals surface area contributed by atoms with Gasteiger partial charge in [0.2, 0.25) is 0 Å². The number of nitrogens with one attached hydrogen (secondary N) is 2. The lowest BCUT2D eigenvalue weighted by Gasteiger charge is -2.38. The highest BCUT2D eigenvalue weighted by Crippen LogP contribution is 2.28. The Balaban J connectivity index is 1.87. The number of carbonyl (C=O) groups is 1. The second-order valence-electron chi connectivity index (χ2n) is 6.56. The molecule has 1 aromatic rings. The van der Waals surface area contributed by atoms with Gasteiger partial charge in [-0.25, -0.2) is 4.98 Å². The number of aliphatic hydroxyl groups is 2. The highest BCUT2D eigenvalue weighted by molar-refractivity contribution is 5.71. The molecule has 9 nitrogen and oxygen atoms in total. The smallest absolute Gasteiger partial charge is 0.434 e. The van der Waals surface area contributed by atoms with Gasteiger partial charge in [-0.3, -0.25) is 9.78 Å². The highest BCUT2D eigenvalue weighted by Gasteiger charge is 2.39. The second-order valence-corrected chi connectivity index (χ2v) is 6.56. The number of halogens is 3. The number of esters is 1. The van der Waals surface area contributed by atoms with E-state index in [1.165, 1.54) is 0 Å². The van der Waals surface area contributed by atoms with Gasteiger partial charge >= 0.3 is 12.1 Å². The normalized spacial score (nSPS) is 25.6. The number of ether oxygens (including phenoxy) is 2. The fraction of sp³-hybridized carbons (Fsp3) is 0.688. The number of anilines is 1. The summed E-state index contributed by atoms with van der Waals surface area (Å²) in [5.41, 5.74) is -1.18. The van der Waals surface area contributed by atoms with E-state index in [1.54, 1.807) is 13.8 Å². The minimum atomic E-state index is -4.65. The third kappa shape index (κ3) is 6.26. The van der Waals surface area contributed by atoms with Crippen LogP contribution in [0.15, 0.2) is 12.4 Å². The van der Waals surface area contributed by atoms with Gasteiger partial charge in [-0.2, -0.15) is 13.2 Å². The van der Waals surface area contributed by atoms with Gasteiger partial charge in [0.15, 0.2) is 5.69 Å². The summed E-state index contributed by atoms with van der Waals surface area (Å²) in [6.45, 7) is 3.30. The SMILES string of the molecule is CC(C)OC(=O)CNC[C@H]1OC[C@H](Nc2cncc(C(F)(F)F)n2)[C@@H](O)[C@H]1O. The molecule has 0 bridgehead atoms. The first-order chi connectivity index (χ1) is 13.1. The van der Waals surface area contributed by atoms with Crippen LogP contribution in [0.1, 0.15) is 19.5 Å². The third-order valence-electron chi connectivity index (χ3n) is 3.87. The van der Waals surface area contributed by atoms with Crippen LogP contribution in [-0.2, 0) is 20.4 Å². The molecule has 1 aliphatic rings. The third-order valence-corrected chi connectivity index (χ3v) is 3.87. The number of alkyl halides is 3. The Kier molecular flexibility index (Phi) is 7.52. The summed E-state index contributed by atoms with van der Waals surface area (Å²) < 4.78 is 48.5. The first kappa shape index (κ1) is 22.3. The Morgan fingerprint density at radius 1 is 1.36 bits per heavy atom. The predicted molar refractivity (Wildman–Crippen MR) is 90.3 cm³/mol. The molecule has 0 unspecified atom stereocenters. The zero-order valence-electron chi connectivity index (χ0n) is 15.3. The summed E-state index contributed by atoms with van der Waals surface area (Å²) >= 11 is 0. The summed E-state index contributed by atoms with van der Waals surface area (Å²) in [5, 5.41) is 25.8. The molecule has 2 rings (SSSR count). The van der Waals surface area contributed by atoms with E-state index in [-0.39, 0.29) is 31.6 Å². The number of hydrogen-bond donors (Lipinski definition) is 4. The molecule has 4 N–H and O–H groups in total. The van der Waals surface area contributed by atoms with Gasteiger partial charge in [-0.05, 0) is 13.8 Å². The lowest BCUT2D eigenvalue weighted by molar-refractivity contribution is -0.148. The highest BCUT2D eigenvalue weighted by atomic mass is 19.4. The molecule has 0 saturated carbocycles. The van der Waals surface area contributed by atoms with Crippen molar-refractivity contribution in [1.82, 2.24) is 15.3 Å². The average molecular weight is 408 g/mol. The van der Waals surface area contributed by atoms with Crippen LogP contribution in [0.5, 0.6) is 0 Å². The van der Waals surface area contributed by atoms with E-state index in [2.05, 4.69) is 20.6 Å². The number of hydrogen-bond acceptors (Lipinski definition) is 9. The molecule has 1 fully saturated rings. The first-order valence-corrected chi connectivity index (χ1v) is 8.61. The number of aromatic nitrogens is 2.